The van der Waals surface area contributed by atoms with Gasteiger partial charge in [-0.25, -0.2) is 0 Å². The molecule has 0 aliphatic rings. The number of hydrogen-bond acceptors (Lipinski definition) is 2. The maximum Gasteiger partial charge on any atom is 0.223 e. The first kappa shape index (κ1) is 13.4. The predicted molar refractivity (Wildman–Crippen MR) is 74.3 cm³/mol. The summed E-state index contributed by atoms with van der Waals surface area (Å²) in [6.45, 7) is 3.17. The van der Waals surface area contributed by atoms with Crippen molar-refractivity contribution in [3.05, 3.63) is 60.1 Å². The first-order valence-corrected chi connectivity index (χ1v) is 6.63. The molecule has 3 heteroatoms. The van der Waals surface area contributed by atoms with Crippen molar-refractivity contribution in [2.75, 3.05) is 0 Å². The molecule has 1 heterocycles. The molecule has 19 heavy (non-hydrogen) atoms. The molecule has 0 saturated heterocycles. The molecular weight excluding hydrogens is 238 g/mol. The first-order valence-electron chi connectivity index (χ1n) is 6.63. The summed E-state index contributed by atoms with van der Waals surface area (Å²) in [6, 6.07) is 13.8. The Labute approximate surface area is 113 Å². The van der Waals surface area contributed by atoms with Crippen LogP contribution >= 0.6 is 0 Å². The molecule has 0 radical (unpaired) electrons. The van der Waals surface area contributed by atoms with Crippen LogP contribution in [0.2, 0.25) is 0 Å². The molecular formula is C16H19NO2. The number of furan rings is 1. The van der Waals surface area contributed by atoms with Crippen molar-refractivity contribution >= 4 is 5.91 Å². The third-order valence-electron chi connectivity index (χ3n) is 2.96. The molecule has 0 aliphatic heterocycles. The summed E-state index contributed by atoms with van der Waals surface area (Å²) in [5, 5.41) is 0. The van der Waals surface area contributed by atoms with E-state index in [1.165, 1.54) is 0 Å². The van der Waals surface area contributed by atoms with Crippen LogP contribution in [0.1, 0.15) is 31.1 Å². The second-order valence-corrected chi connectivity index (χ2v) is 4.56. The minimum atomic E-state index is 0.169. The van der Waals surface area contributed by atoms with Crippen molar-refractivity contribution in [3.8, 4) is 0 Å². The minimum absolute atomic E-state index is 0.169. The lowest BCUT2D eigenvalue weighted by Crippen LogP contribution is -2.29. The molecule has 0 bridgehead atoms. The van der Waals surface area contributed by atoms with Gasteiger partial charge in [-0.15, -0.1) is 0 Å². The third kappa shape index (κ3) is 3.98. The lowest BCUT2D eigenvalue weighted by atomic mass is 10.2. The summed E-state index contributed by atoms with van der Waals surface area (Å²) in [6.07, 6.45) is 3.08. The smallest absolute Gasteiger partial charge is 0.223 e. The van der Waals surface area contributed by atoms with Crippen LogP contribution in [-0.4, -0.2) is 10.8 Å². The molecule has 2 rings (SSSR count). The van der Waals surface area contributed by atoms with E-state index < -0.39 is 0 Å². The van der Waals surface area contributed by atoms with Crippen molar-refractivity contribution < 1.29 is 9.21 Å². The minimum Gasteiger partial charge on any atom is -0.467 e. The van der Waals surface area contributed by atoms with Crippen LogP contribution in [0.25, 0.3) is 0 Å². The summed E-state index contributed by atoms with van der Waals surface area (Å²) in [7, 11) is 0. The summed E-state index contributed by atoms with van der Waals surface area (Å²) < 4.78 is 5.34. The lowest BCUT2D eigenvalue weighted by molar-refractivity contribution is -0.132. The molecule has 0 spiro atoms. The van der Waals surface area contributed by atoms with Gasteiger partial charge in [0, 0.05) is 13.0 Å². The topological polar surface area (TPSA) is 33.5 Å². The zero-order valence-corrected chi connectivity index (χ0v) is 11.2. The molecule has 0 atom stereocenters. The Morgan fingerprint density at radius 3 is 2.53 bits per heavy atom. The summed E-state index contributed by atoms with van der Waals surface area (Å²) in [5.74, 6) is 0.989. The van der Waals surface area contributed by atoms with Gasteiger partial charge in [0.05, 0.1) is 12.8 Å². The number of benzene rings is 1. The number of nitrogens with zero attached hydrogens (tertiary/aromatic N) is 1. The Morgan fingerprint density at radius 1 is 1.11 bits per heavy atom. The van der Waals surface area contributed by atoms with Gasteiger partial charge in [-0.1, -0.05) is 37.3 Å². The standard InChI is InChI=1S/C16H19NO2/c1-2-7-16(18)17(13-15-10-6-11-19-15)12-14-8-4-3-5-9-14/h3-6,8-11H,2,7,12-13H2,1H3. The van der Waals surface area contributed by atoms with Gasteiger partial charge in [0.2, 0.25) is 5.91 Å². The van der Waals surface area contributed by atoms with Crippen LogP contribution in [0, 0.1) is 0 Å². The fourth-order valence-corrected chi connectivity index (χ4v) is 2.00. The second-order valence-electron chi connectivity index (χ2n) is 4.56. The van der Waals surface area contributed by atoms with Gasteiger partial charge >= 0.3 is 0 Å². The van der Waals surface area contributed by atoms with Gasteiger partial charge in [0.1, 0.15) is 5.76 Å². The molecule has 0 N–H and O–H groups in total. The molecule has 1 aromatic heterocycles. The highest BCUT2D eigenvalue weighted by molar-refractivity contribution is 5.76. The average Bonchev–Trinajstić information content (AvgIpc) is 2.92. The van der Waals surface area contributed by atoms with Crippen LogP contribution in [0.5, 0.6) is 0 Å². The maximum absolute atomic E-state index is 12.2. The number of carbonyl (C=O) groups is 1. The van der Waals surface area contributed by atoms with E-state index >= 15 is 0 Å². The number of amides is 1. The largest absolute Gasteiger partial charge is 0.467 e. The number of carbonyl (C=O) groups excluding carboxylic acids is 1. The molecule has 1 aromatic carbocycles. The Morgan fingerprint density at radius 2 is 1.89 bits per heavy atom. The average molecular weight is 257 g/mol. The number of rotatable bonds is 6. The van der Waals surface area contributed by atoms with Gasteiger partial charge in [0.25, 0.3) is 0 Å². The van der Waals surface area contributed by atoms with Gasteiger partial charge in [-0.2, -0.15) is 0 Å². The molecule has 0 fully saturated rings. The van der Waals surface area contributed by atoms with Gasteiger partial charge in [-0.3, -0.25) is 4.79 Å². The van der Waals surface area contributed by atoms with Crippen LogP contribution in [-0.2, 0) is 17.9 Å². The van der Waals surface area contributed by atoms with Gasteiger partial charge in [-0.05, 0) is 24.1 Å². The van der Waals surface area contributed by atoms with E-state index in [1.54, 1.807) is 6.26 Å². The van der Waals surface area contributed by atoms with Crippen molar-refractivity contribution in [2.45, 2.75) is 32.9 Å². The third-order valence-corrected chi connectivity index (χ3v) is 2.96. The van der Waals surface area contributed by atoms with E-state index in [1.807, 2.05) is 54.3 Å². The molecule has 0 aliphatic carbocycles. The molecule has 2 aromatic rings. The van der Waals surface area contributed by atoms with E-state index in [-0.39, 0.29) is 5.91 Å². The normalized spacial score (nSPS) is 10.4. The zero-order valence-electron chi connectivity index (χ0n) is 11.2. The van der Waals surface area contributed by atoms with Crippen LogP contribution < -0.4 is 0 Å². The second kappa shape index (κ2) is 6.78. The van der Waals surface area contributed by atoms with Crippen LogP contribution in [0.15, 0.2) is 53.1 Å². The quantitative estimate of drug-likeness (QED) is 0.792. The Bertz CT molecular complexity index is 491. The van der Waals surface area contributed by atoms with Crippen LogP contribution in [0.4, 0.5) is 0 Å². The molecule has 3 nitrogen and oxygen atoms in total. The Hall–Kier alpha value is -2.03. The maximum atomic E-state index is 12.2. The molecule has 0 unspecified atom stereocenters. The summed E-state index contributed by atoms with van der Waals surface area (Å²) >= 11 is 0. The van der Waals surface area contributed by atoms with Gasteiger partial charge in [0.15, 0.2) is 0 Å². The zero-order chi connectivity index (χ0) is 13.5. The van der Waals surface area contributed by atoms with E-state index in [0.29, 0.717) is 19.5 Å². The van der Waals surface area contributed by atoms with E-state index in [9.17, 15) is 4.79 Å². The SMILES string of the molecule is CCCC(=O)N(Cc1ccccc1)Cc1ccco1. The Balaban J connectivity index is 2.07. The van der Waals surface area contributed by atoms with Crippen molar-refractivity contribution in [3.63, 3.8) is 0 Å². The predicted octanol–water partition coefficient (Wildman–Crippen LogP) is 3.61. The van der Waals surface area contributed by atoms with Crippen molar-refractivity contribution in [1.29, 1.82) is 0 Å². The highest BCUT2D eigenvalue weighted by Gasteiger charge is 2.14. The van der Waals surface area contributed by atoms with E-state index in [2.05, 4.69) is 0 Å². The first-order chi connectivity index (χ1) is 9.29. The van der Waals surface area contributed by atoms with E-state index in [0.717, 1.165) is 17.7 Å². The number of hydrogen-bond donors (Lipinski definition) is 0. The van der Waals surface area contributed by atoms with Crippen molar-refractivity contribution in [1.82, 2.24) is 4.90 Å². The molecule has 1 amide bonds. The summed E-state index contributed by atoms with van der Waals surface area (Å²) in [5.41, 5.74) is 1.14. The Kier molecular flexibility index (Phi) is 4.78. The van der Waals surface area contributed by atoms with Crippen LogP contribution in [0.3, 0.4) is 0 Å². The van der Waals surface area contributed by atoms with Crippen molar-refractivity contribution in [2.24, 2.45) is 0 Å². The monoisotopic (exact) mass is 257 g/mol. The lowest BCUT2D eigenvalue weighted by Gasteiger charge is -2.21. The fourth-order valence-electron chi connectivity index (χ4n) is 2.00. The highest BCUT2D eigenvalue weighted by atomic mass is 16.3. The molecule has 100 valence electrons. The van der Waals surface area contributed by atoms with E-state index in [4.69, 9.17) is 4.42 Å². The van der Waals surface area contributed by atoms with Gasteiger partial charge < -0.3 is 9.32 Å². The fraction of sp³-hybridized carbons (Fsp3) is 0.312. The molecule has 0 saturated carbocycles. The summed E-state index contributed by atoms with van der Waals surface area (Å²) in [4.78, 5) is 14.0. The highest BCUT2D eigenvalue weighted by Crippen LogP contribution is 2.12.